The summed E-state index contributed by atoms with van der Waals surface area (Å²) in [6.07, 6.45) is 0.639. The topological polar surface area (TPSA) is 30.7 Å². The van der Waals surface area contributed by atoms with Crippen molar-refractivity contribution in [2.75, 3.05) is 26.2 Å². The highest BCUT2D eigenvalue weighted by atomic mass is 16.5. The zero-order valence-corrected chi connectivity index (χ0v) is 9.35. The standard InChI is InChI=1S/C11H19NO2/c1-4-12(5-2)9-7-6-8-10-14-11(3)13/h4-5,8-10H2,1-3H3/p+1. The Kier molecular flexibility index (Phi) is 7.96. The van der Waals surface area contributed by atoms with Gasteiger partial charge in [-0.25, -0.2) is 0 Å². The summed E-state index contributed by atoms with van der Waals surface area (Å²) in [5.41, 5.74) is 0. The molecule has 0 rings (SSSR count). The Hall–Kier alpha value is -1.01. The normalized spacial score (nSPS) is 9.43. The first kappa shape index (κ1) is 13.0. The molecule has 0 bridgehead atoms. The van der Waals surface area contributed by atoms with Gasteiger partial charge in [0.25, 0.3) is 0 Å². The van der Waals surface area contributed by atoms with Crippen LogP contribution >= 0.6 is 0 Å². The lowest BCUT2D eigenvalue weighted by Crippen LogP contribution is -3.11. The van der Waals surface area contributed by atoms with Gasteiger partial charge in [-0.3, -0.25) is 4.79 Å². The molecule has 0 spiro atoms. The summed E-state index contributed by atoms with van der Waals surface area (Å²) in [6.45, 7) is 9.22. The lowest BCUT2D eigenvalue weighted by atomic mass is 10.4. The highest BCUT2D eigenvalue weighted by molar-refractivity contribution is 5.65. The van der Waals surface area contributed by atoms with Crippen LogP contribution < -0.4 is 4.90 Å². The minimum absolute atomic E-state index is 0.235. The van der Waals surface area contributed by atoms with E-state index in [2.05, 4.69) is 25.7 Å². The van der Waals surface area contributed by atoms with Crippen molar-refractivity contribution in [3.8, 4) is 11.8 Å². The molecule has 0 radical (unpaired) electrons. The second-order valence-electron chi connectivity index (χ2n) is 3.08. The average Bonchev–Trinajstić information content (AvgIpc) is 2.16. The largest absolute Gasteiger partial charge is 0.465 e. The molecule has 0 heterocycles. The maximum absolute atomic E-state index is 10.4. The van der Waals surface area contributed by atoms with Crippen molar-refractivity contribution in [3.63, 3.8) is 0 Å². The lowest BCUT2D eigenvalue weighted by molar-refractivity contribution is -0.889. The fourth-order valence-corrected chi connectivity index (χ4v) is 1.02. The van der Waals surface area contributed by atoms with Gasteiger partial charge < -0.3 is 9.64 Å². The van der Waals surface area contributed by atoms with Crippen LogP contribution in [0.2, 0.25) is 0 Å². The van der Waals surface area contributed by atoms with Crippen molar-refractivity contribution in [3.05, 3.63) is 0 Å². The molecule has 0 atom stereocenters. The van der Waals surface area contributed by atoms with Crippen LogP contribution in [0, 0.1) is 11.8 Å². The fraction of sp³-hybridized carbons (Fsp3) is 0.727. The molecule has 0 saturated heterocycles. The highest BCUT2D eigenvalue weighted by Gasteiger charge is 1.96. The molecule has 0 aromatic heterocycles. The third-order valence-electron chi connectivity index (χ3n) is 2.00. The molecule has 0 aromatic rings. The van der Waals surface area contributed by atoms with E-state index in [4.69, 9.17) is 4.74 Å². The molecule has 0 saturated carbocycles. The summed E-state index contributed by atoms with van der Waals surface area (Å²) < 4.78 is 4.75. The minimum atomic E-state index is -0.235. The van der Waals surface area contributed by atoms with Gasteiger partial charge in [0.15, 0.2) is 0 Å². The number of nitrogens with one attached hydrogen (secondary N) is 1. The third kappa shape index (κ3) is 7.63. The van der Waals surface area contributed by atoms with Gasteiger partial charge in [0, 0.05) is 13.3 Å². The highest BCUT2D eigenvalue weighted by Crippen LogP contribution is 1.80. The Morgan fingerprint density at radius 3 is 2.43 bits per heavy atom. The first-order valence-corrected chi connectivity index (χ1v) is 5.13. The molecule has 0 fully saturated rings. The Morgan fingerprint density at radius 2 is 1.93 bits per heavy atom. The molecular formula is C11H20NO2+. The van der Waals surface area contributed by atoms with Crippen molar-refractivity contribution < 1.29 is 14.4 Å². The van der Waals surface area contributed by atoms with Crippen molar-refractivity contribution in [1.29, 1.82) is 0 Å². The van der Waals surface area contributed by atoms with Crippen LogP contribution in [0.3, 0.4) is 0 Å². The van der Waals surface area contributed by atoms with Crippen LogP contribution in [0.15, 0.2) is 0 Å². The summed E-state index contributed by atoms with van der Waals surface area (Å²) in [7, 11) is 0. The molecule has 0 aliphatic heterocycles. The van der Waals surface area contributed by atoms with Crippen LogP contribution in [0.4, 0.5) is 0 Å². The van der Waals surface area contributed by atoms with Gasteiger partial charge in [-0.2, -0.15) is 0 Å². The van der Waals surface area contributed by atoms with Gasteiger partial charge in [0.05, 0.1) is 13.1 Å². The van der Waals surface area contributed by atoms with Gasteiger partial charge in [-0.1, -0.05) is 5.92 Å². The number of carbonyl (C=O) groups excluding carboxylic acids is 1. The van der Waals surface area contributed by atoms with E-state index in [1.807, 2.05) is 0 Å². The van der Waals surface area contributed by atoms with Crippen LogP contribution in [-0.4, -0.2) is 32.2 Å². The predicted octanol–water partition coefficient (Wildman–Crippen LogP) is -0.132. The molecule has 3 nitrogen and oxygen atoms in total. The number of esters is 1. The maximum Gasteiger partial charge on any atom is 0.302 e. The smallest absolute Gasteiger partial charge is 0.302 e. The Bertz CT molecular complexity index is 211. The van der Waals surface area contributed by atoms with E-state index in [-0.39, 0.29) is 5.97 Å². The first-order chi connectivity index (χ1) is 6.70. The van der Waals surface area contributed by atoms with Crippen LogP contribution in [0.5, 0.6) is 0 Å². The third-order valence-corrected chi connectivity index (χ3v) is 2.00. The lowest BCUT2D eigenvalue weighted by Gasteiger charge is -2.10. The SMILES string of the molecule is CC[NH+](CC)CC#CCCOC(C)=O. The Labute approximate surface area is 86.4 Å². The maximum atomic E-state index is 10.4. The number of ether oxygens (including phenoxy) is 1. The van der Waals surface area contributed by atoms with Crippen molar-refractivity contribution in [2.24, 2.45) is 0 Å². The van der Waals surface area contributed by atoms with E-state index in [1.165, 1.54) is 11.8 Å². The molecule has 80 valence electrons. The quantitative estimate of drug-likeness (QED) is 0.379. The number of rotatable bonds is 5. The van der Waals surface area contributed by atoms with Crippen molar-refractivity contribution in [1.82, 2.24) is 0 Å². The van der Waals surface area contributed by atoms with Gasteiger partial charge in [-0.15, -0.1) is 0 Å². The number of hydrogen-bond donors (Lipinski definition) is 1. The minimum Gasteiger partial charge on any atom is -0.465 e. The first-order valence-electron chi connectivity index (χ1n) is 5.13. The summed E-state index contributed by atoms with van der Waals surface area (Å²) in [5, 5.41) is 0. The summed E-state index contributed by atoms with van der Waals surface area (Å²) in [6, 6.07) is 0. The fourth-order valence-electron chi connectivity index (χ4n) is 1.02. The molecule has 0 aliphatic rings. The summed E-state index contributed by atoms with van der Waals surface area (Å²) >= 11 is 0. The monoisotopic (exact) mass is 198 g/mol. The predicted molar refractivity (Wildman–Crippen MR) is 55.9 cm³/mol. The number of carbonyl (C=O) groups is 1. The van der Waals surface area contributed by atoms with E-state index in [0.717, 1.165) is 19.6 Å². The Balaban J connectivity index is 3.47. The van der Waals surface area contributed by atoms with Gasteiger partial charge in [0.2, 0.25) is 0 Å². The van der Waals surface area contributed by atoms with Crippen LogP contribution in [0.25, 0.3) is 0 Å². The zero-order chi connectivity index (χ0) is 10.8. The van der Waals surface area contributed by atoms with E-state index in [9.17, 15) is 4.79 Å². The van der Waals surface area contributed by atoms with Crippen LogP contribution in [-0.2, 0) is 9.53 Å². The van der Waals surface area contributed by atoms with E-state index < -0.39 is 0 Å². The van der Waals surface area contributed by atoms with E-state index >= 15 is 0 Å². The van der Waals surface area contributed by atoms with E-state index in [0.29, 0.717) is 13.0 Å². The Morgan fingerprint density at radius 1 is 1.29 bits per heavy atom. The molecule has 0 aliphatic carbocycles. The van der Waals surface area contributed by atoms with E-state index in [1.54, 1.807) is 0 Å². The second kappa shape index (κ2) is 8.58. The zero-order valence-electron chi connectivity index (χ0n) is 9.35. The number of hydrogen-bond acceptors (Lipinski definition) is 2. The van der Waals surface area contributed by atoms with Crippen molar-refractivity contribution >= 4 is 5.97 Å². The molecule has 3 heteroatoms. The molecule has 0 amide bonds. The van der Waals surface area contributed by atoms with Crippen molar-refractivity contribution in [2.45, 2.75) is 27.2 Å². The molecule has 0 aromatic carbocycles. The van der Waals surface area contributed by atoms with Gasteiger partial charge >= 0.3 is 5.97 Å². The number of quaternary nitrogens is 1. The van der Waals surface area contributed by atoms with Gasteiger partial charge in [-0.05, 0) is 19.8 Å². The van der Waals surface area contributed by atoms with Gasteiger partial charge in [0.1, 0.15) is 13.2 Å². The molecule has 1 N–H and O–H groups in total. The molecule has 14 heavy (non-hydrogen) atoms. The van der Waals surface area contributed by atoms with Crippen LogP contribution in [0.1, 0.15) is 27.2 Å². The summed E-state index contributed by atoms with van der Waals surface area (Å²) in [5.74, 6) is 5.84. The molecular weight excluding hydrogens is 178 g/mol. The second-order valence-corrected chi connectivity index (χ2v) is 3.08. The average molecular weight is 198 g/mol. The summed E-state index contributed by atoms with van der Waals surface area (Å²) in [4.78, 5) is 11.9. The molecule has 0 unspecified atom stereocenters.